The number of amides is 1. The smallest absolute Gasteiger partial charge is 0.239 e. The number of nitrogens with zero attached hydrogens (tertiary/aromatic N) is 2. The van der Waals surface area contributed by atoms with Gasteiger partial charge in [-0.15, -0.1) is 0 Å². The van der Waals surface area contributed by atoms with Gasteiger partial charge >= 0.3 is 0 Å². The van der Waals surface area contributed by atoms with Crippen LogP contribution in [0.3, 0.4) is 0 Å². The molecular weight excluding hydrogens is 288 g/mol. The van der Waals surface area contributed by atoms with E-state index in [1.54, 1.807) is 12.4 Å². The summed E-state index contributed by atoms with van der Waals surface area (Å²) in [5.74, 6) is 0.383. The molecule has 0 bridgehead atoms. The van der Waals surface area contributed by atoms with Gasteiger partial charge in [-0.2, -0.15) is 5.10 Å². The molecule has 0 aliphatic carbocycles. The van der Waals surface area contributed by atoms with Gasteiger partial charge in [0, 0.05) is 6.20 Å². The number of carbonyl (C=O) groups excluding carboxylic acids is 1. The van der Waals surface area contributed by atoms with Crippen molar-refractivity contribution in [2.45, 2.75) is 13.1 Å². The fraction of sp³-hybridized carbons (Fsp3) is 0.200. The van der Waals surface area contributed by atoms with Gasteiger partial charge in [0.15, 0.2) is 4.67 Å². The molecule has 0 aliphatic rings. The van der Waals surface area contributed by atoms with E-state index in [-0.39, 0.29) is 6.54 Å². The van der Waals surface area contributed by atoms with Crippen molar-refractivity contribution in [3.63, 3.8) is 0 Å². The van der Waals surface area contributed by atoms with Crippen LogP contribution in [0.2, 0.25) is 0 Å². The monoisotopic (exact) mass is 298 g/mol. The molecule has 3 N–H and O–H groups in total. The molecule has 17 heavy (non-hydrogen) atoms. The van der Waals surface area contributed by atoms with E-state index in [0.29, 0.717) is 11.2 Å². The molecule has 2 heterocycles. The Kier molecular flexibility index (Phi) is 3.48. The van der Waals surface area contributed by atoms with Crippen LogP contribution in [0.1, 0.15) is 5.76 Å². The summed E-state index contributed by atoms with van der Waals surface area (Å²) in [5.41, 5.74) is 5.87. The molecule has 0 saturated carbocycles. The predicted molar refractivity (Wildman–Crippen MR) is 65.2 cm³/mol. The number of nitrogens with one attached hydrogen (secondary N) is 1. The highest BCUT2D eigenvalue weighted by Gasteiger charge is 2.03. The molecular formula is C10H11BrN4O2. The summed E-state index contributed by atoms with van der Waals surface area (Å²) in [7, 11) is 0. The van der Waals surface area contributed by atoms with Gasteiger partial charge in [-0.25, -0.2) is 0 Å². The number of nitrogens with two attached hydrogens (primary N) is 1. The number of hydrogen-bond acceptors (Lipinski definition) is 4. The van der Waals surface area contributed by atoms with Crippen molar-refractivity contribution in [3.05, 3.63) is 35.0 Å². The molecule has 0 unspecified atom stereocenters. The minimum absolute atomic E-state index is 0.0774. The quantitative estimate of drug-likeness (QED) is 0.872. The molecule has 6 nitrogen and oxygen atoms in total. The second-order valence-corrected chi connectivity index (χ2v) is 4.23. The van der Waals surface area contributed by atoms with Gasteiger partial charge in [0.05, 0.1) is 18.4 Å². The Morgan fingerprint density at radius 1 is 1.59 bits per heavy atom. The van der Waals surface area contributed by atoms with Crippen LogP contribution in [0.15, 0.2) is 33.6 Å². The number of aromatic nitrogens is 2. The summed E-state index contributed by atoms with van der Waals surface area (Å²) in [6, 6.07) is 3.69. The summed E-state index contributed by atoms with van der Waals surface area (Å²) in [4.78, 5) is 10.7. The molecule has 2 aromatic rings. The van der Waals surface area contributed by atoms with Crippen molar-refractivity contribution in [1.29, 1.82) is 0 Å². The highest BCUT2D eigenvalue weighted by molar-refractivity contribution is 9.10. The van der Waals surface area contributed by atoms with Gasteiger partial charge in [0.1, 0.15) is 12.3 Å². The molecule has 0 radical (unpaired) electrons. The number of rotatable bonds is 5. The van der Waals surface area contributed by atoms with Gasteiger partial charge in [-0.3, -0.25) is 9.48 Å². The van der Waals surface area contributed by atoms with Crippen molar-refractivity contribution in [1.82, 2.24) is 9.78 Å². The molecule has 0 fully saturated rings. The fourth-order valence-electron chi connectivity index (χ4n) is 1.34. The second-order valence-electron chi connectivity index (χ2n) is 3.45. The first-order valence-electron chi connectivity index (χ1n) is 4.92. The highest BCUT2D eigenvalue weighted by atomic mass is 79.9. The van der Waals surface area contributed by atoms with E-state index in [4.69, 9.17) is 10.2 Å². The molecule has 2 rings (SSSR count). The van der Waals surface area contributed by atoms with Gasteiger partial charge in [0.2, 0.25) is 5.91 Å². The minimum atomic E-state index is -0.422. The van der Waals surface area contributed by atoms with E-state index < -0.39 is 5.91 Å². The van der Waals surface area contributed by atoms with Crippen LogP contribution in [0.5, 0.6) is 0 Å². The van der Waals surface area contributed by atoms with Crippen LogP contribution in [0.4, 0.5) is 5.69 Å². The third-order valence-corrected chi connectivity index (χ3v) is 2.47. The van der Waals surface area contributed by atoms with Crippen LogP contribution in [0, 0.1) is 0 Å². The van der Waals surface area contributed by atoms with Crippen LogP contribution in [0.25, 0.3) is 0 Å². The second kappa shape index (κ2) is 5.05. The molecule has 7 heteroatoms. The largest absolute Gasteiger partial charge is 0.452 e. The van der Waals surface area contributed by atoms with Crippen LogP contribution < -0.4 is 11.1 Å². The topological polar surface area (TPSA) is 86.1 Å². The number of hydrogen-bond donors (Lipinski definition) is 2. The lowest BCUT2D eigenvalue weighted by Gasteiger charge is -1.99. The average molecular weight is 299 g/mol. The molecule has 0 spiro atoms. The molecule has 0 aromatic carbocycles. The van der Waals surface area contributed by atoms with E-state index >= 15 is 0 Å². The van der Waals surface area contributed by atoms with Gasteiger partial charge < -0.3 is 15.5 Å². The van der Waals surface area contributed by atoms with E-state index in [0.717, 1.165) is 11.4 Å². The first kappa shape index (κ1) is 11.7. The number of primary amides is 1. The first-order valence-corrected chi connectivity index (χ1v) is 5.71. The van der Waals surface area contributed by atoms with Crippen LogP contribution >= 0.6 is 15.9 Å². The van der Waals surface area contributed by atoms with E-state index in [1.807, 2.05) is 12.1 Å². The Labute approximate surface area is 106 Å². The lowest BCUT2D eigenvalue weighted by molar-refractivity contribution is -0.118. The van der Waals surface area contributed by atoms with Crippen molar-refractivity contribution in [2.75, 3.05) is 5.32 Å². The standard InChI is InChI=1S/C10H11BrN4O2/c11-9-2-1-8(17-9)4-13-7-3-14-15(5-7)6-10(12)16/h1-3,5,13H,4,6H2,(H2,12,16). The van der Waals surface area contributed by atoms with Crippen LogP contribution in [-0.4, -0.2) is 15.7 Å². The zero-order valence-corrected chi connectivity index (χ0v) is 10.5. The first-order chi connectivity index (χ1) is 8.13. The average Bonchev–Trinajstić information content (AvgIpc) is 2.84. The number of halogens is 1. The Morgan fingerprint density at radius 2 is 2.41 bits per heavy atom. The maximum Gasteiger partial charge on any atom is 0.239 e. The molecule has 1 amide bonds. The Morgan fingerprint density at radius 3 is 3.06 bits per heavy atom. The number of carbonyl (C=O) groups is 1. The zero-order chi connectivity index (χ0) is 12.3. The molecule has 2 aromatic heterocycles. The third-order valence-electron chi connectivity index (χ3n) is 2.05. The van der Waals surface area contributed by atoms with Gasteiger partial charge in [0.25, 0.3) is 0 Å². The van der Waals surface area contributed by atoms with Crippen molar-refractivity contribution >= 4 is 27.5 Å². The summed E-state index contributed by atoms with van der Waals surface area (Å²) in [6.07, 6.45) is 3.34. The van der Waals surface area contributed by atoms with E-state index in [2.05, 4.69) is 26.3 Å². The summed E-state index contributed by atoms with van der Waals surface area (Å²) < 4.78 is 7.50. The van der Waals surface area contributed by atoms with E-state index in [9.17, 15) is 4.79 Å². The van der Waals surface area contributed by atoms with Crippen molar-refractivity contribution < 1.29 is 9.21 Å². The Bertz CT molecular complexity index is 520. The molecule has 0 aliphatic heterocycles. The molecule has 0 atom stereocenters. The van der Waals surface area contributed by atoms with Gasteiger partial charge in [-0.05, 0) is 28.1 Å². The molecule has 90 valence electrons. The fourth-order valence-corrected chi connectivity index (χ4v) is 1.68. The highest BCUT2D eigenvalue weighted by Crippen LogP contribution is 2.15. The predicted octanol–water partition coefficient (Wildman–Crippen LogP) is 1.34. The Hall–Kier alpha value is -1.76. The zero-order valence-electron chi connectivity index (χ0n) is 8.89. The lowest BCUT2D eigenvalue weighted by Crippen LogP contribution is -2.18. The van der Waals surface area contributed by atoms with Crippen LogP contribution in [-0.2, 0) is 17.9 Å². The lowest BCUT2D eigenvalue weighted by atomic mass is 10.4. The summed E-state index contributed by atoms with van der Waals surface area (Å²) in [5, 5.41) is 7.11. The van der Waals surface area contributed by atoms with Crippen molar-refractivity contribution in [2.24, 2.45) is 5.73 Å². The minimum Gasteiger partial charge on any atom is -0.452 e. The number of anilines is 1. The SMILES string of the molecule is NC(=O)Cn1cc(NCc2ccc(Br)o2)cn1. The van der Waals surface area contributed by atoms with E-state index in [1.165, 1.54) is 4.68 Å². The van der Waals surface area contributed by atoms with Crippen molar-refractivity contribution in [3.8, 4) is 0 Å². The maximum atomic E-state index is 10.7. The Balaban J connectivity index is 1.91. The summed E-state index contributed by atoms with van der Waals surface area (Å²) >= 11 is 3.23. The maximum absolute atomic E-state index is 10.7. The third kappa shape index (κ3) is 3.35. The number of furan rings is 1. The van der Waals surface area contributed by atoms with Gasteiger partial charge in [-0.1, -0.05) is 0 Å². The normalized spacial score (nSPS) is 10.4. The summed E-state index contributed by atoms with van der Waals surface area (Å²) in [6.45, 7) is 0.627. The molecule has 0 saturated heterocycles.